The maximum absolute atomic E-state index is 5.83. The number of rotatable bonds is 3. The molecule has 1 heterocycles. The Kier molecular flexibility index (Phi) is 3.16. The van der Waals surface area contributed by atoms with Gasteiger partial charge in [-0.25, -0.2) is 0 Å². The van der Waals surface area contributed by atoms with Crippen molar-refractivity contribution in [1.82, 2.24) is 0 Å². The van der Waals surface area contributed by atoms with Crippen molar-refractivity contribution in [1.29, 1.82) is 0 Å². The van der Waals surface area contributed by atoms with E-state index in [2.05, 4.69) is 53.9 Å². The smallest absolute Gasteiger partial charge is 0.0861 e. The number of fused-ring (bicyclic) bond motifs is 1. The van der Waals surface area contributed by atoms with Crippen LogP contribution < -0.4 is 0 Å². The van der Waals surface area contributed by atoms with Gasteiger partial charge < -0.3 is 4.74 Å². The van der Waals surface area contributed by atoms with Crippen LogP contribution in [-0.4, -0.2) is 11.9 Å². The Balaban J connectivity index is 1.74. The molecule has 0 N–H and O–H groups in total. The molecule has 1 atom stereocenters. The molecule has 1 nitrogen and oxygen atoms in total. The van der Waals surface area contributed by atoms with Gasteiger partial charge in [0.1, 0.15) is 0 Å². The first kappa shape index (κ1) is 10.9. The largest absolute Gasteiger partial charge is 0.369 e. The molecular formula is C15H14OS. The van der Waals surface area contributed by atoms with Crippen LogP contribution in [0.5, 0.6) is 0 Å². The predicted octanol–water partition coefficient (Wildman–Crippen LogP) is 3.99. The quantitative estimate of drug-likeness (QED) is 0.805. The third-order valence-electron chi connectivity index (χ3n) is 2.93. The summed E-state index contributed by atoms with van der Waals surface area (Å²) in [5.41, 5.74) is 1.24. The molecule has 2 aromatic rings. The third-order valence-corrected chi connectivity index (χ3v) is 3.80. The molecule has 2 heteroatoms. The van der Waals surface area contributed by atoms with E-state index in [1.54, 1.807) is 0 Å². The topological polar surface area (TPSA) is 9.23 Å². The van der Waals surface area contributed by atoms with Crippen LogP contribution in [0, 0.1) is 0 Å². The van der Waals surface area contributed by atoms with Gasteiger partial charge in [0.05, 0.1) is 12.7 Å². The molecular weight excluding hydrogens is 228 g/mol. The van der Waals surface area contributed by atoms with Gasteiger partial charge in [-0.05, 0) is 33.9 Å². The normalized spacial score (nSPS) is 18.9. The molecule has 2 aromatic carbocycles. The number of hydrogen-bond donors (Lipinski definition) is 0. The highest BCUT2D eigenvalue weighted by atomic mass is 32.2. The van der Waals surface area contributed by atoms with Gasteiger partial charge in [-0.15, -0.1) is 11.8 Å². The fraction of sp³-hybridized carbons (Fsp3) is 0.200. The van der Waals surface area contributed by atoms with Crippen LogP contribution in [0.2, 0.25) is 0 Å². The Bertz CT molecular complexity index is 547. The zero-order valence-electron chi connectivity index (χ0n) is 9.50. The third kappa shape index (κ3) is 2.54. The van der Waals surface area contributed by atoms with Gasteiger partial charge in [-0.3, -0.25) is 0 Å². The lowest BCUT2D eigenvalue weighted by Crippen LogP contribution is -2.09. The first-order valence-corrected chi connectivity index (χ1v) is 6.84. The standard InChI is InChI=1S/C15H14OS/c1-2-4-14-9-12(5-6-13(14)3-1)10-16-15-7-8-17-11-15/h1-9,15H,10-11H2. The Morgan fingerprint density at radius 1 is 1.12 bits per heavy atom. The lowest BCUT2D eigenvalue weighted by Gasteiger charge is -2.09. The van der Waals surface area contributed by atoms with Gasteiger partial charge in [0.2, 0.25) is 0 Å². The summed E-state index contributed by atoms with van der Waals surface area (Å²) in [6.45, 7) is 0.695. The molecule has 1 aliphatic heterocycles. The van der Waals surface area contributed by atoms with Crippen LogP contribution in [0.3, 0.4) is 0 Å². The van der Waals surface area contributed by atoms with Crippen LogP contribution in [0.1, 0.15) is 5.56 Å². The van der Waals surface area contributed by atoms with E-state index < -0.39 is 0 Å². The maximum Gasteiger partial charge on any atom is 0.0861 e. The van der Waals surface area contributed by atoms with Crippen molar-refractivity contribution in [3.63, 3.8) is 0 Å². The number of ether oxygens (including phenoxy) is 1. The van der Waals surface area contributed by atoms with Gasteiger partial charge in [0.15, 0.2) is 0 Å². The Morgan fingerprint density at radius 2 is 2.00 bits per heavy atom. The van der Waals surface area contributed by atoms with E-state index in [-0.39, 0.29) is 6.10 Å². The highest BCUT2D eigenvalue weighted by Crippen LogP contribution is 2.20. The second-order valence-corrected chi connectivity index (χ2v) is 5.13. The zero-order chi connectivity index (χ0) is 11.5. The Hall–Kier alpha value is -1.25. The summed E-state index contributed by atoms with van der Waals surface area (Å²) in [7, 11) is 0. The molecule has 1 aliphatic rings. The molecule has 17 heavy (non-hydrogen) atoms. The molecule has 0 spiro atoms. The van der Waals surface area contributed by atoms with Crippen molar-refractivity contribution in [2.75, 3.05) is 5.75 Å². The zero-order valence-corrected chi connectivity index (χ0v) is 10.3. The molecule has 3 rings (SSSR count). The number of hydrogen-bond acceptors (Lipinski definition) is 2. The lowest BCUT2D eigenvalue weighted by molar-refractivity contribution is 0.0884. The van der Waals surface area contributed by atoms with E-state index in [4.69, 9.17) is 4.74 Å². The summed E-state index contributed by atoms with van der Waals surface area (Å²) >= 11 is 1.81. The monoisotopic (exact) mass is 242 g/mol. The molecule has 1 unspecified atom stereocenters. The second kappa shape index (κ2) is 4.94. The van der Waals surface area contributed by atoms with Crippen LogP contribution in [-0.2, 0) is 11.3 Å². The number of benzene rings is 2. The van der Waals surface area contributed by atoms with E-state index in [0.717, 1.165) is 5.75 Å². The summed E-state index contributed by atoms with van der Waals surface area (Å²) in [5.74, 6) is 1.05. The van der Waals surface area contributed by atoms with Crippen molar-refractivity contribution < 1.29 is 4.74 Å². The van der Waals surface area contributed by atoms with Gasteiger partial charge in [-0.1, -0.05) is 36.4 Å². The molecule has 0 radical (unpaired) electrons. The van der Waals surface area contributed by atoms with Crippen molar-refractivity contribution >= 4 is 22.5 Å². The Morgan fingerprint density at radius 3 is 2.82 bits per heavy atom. The lowest BCUT2D eigenvalue weighted by atomic mass is 10.1. The van der Waals surface area contributed by atoms with Crippen molar-refractivity contribution in [3.05, 3.63) is 59.5 Å². The van der Waals surface area contributed by atoms with E-state index in [1.807, 2.05) is 11.8 Å². The molecule has 0 saturated carbocycles. The van der Waals surface area contributed by atoms with Gasteiger partial charge in [-0.2, -0.15) is 0 Å². The molecule has 0 amide bonds. The van der Waals surface area contributed by atoms with Crippen molar-refractivity contribution in [2.45, 2.75) is 12.7 Å². The molecule has 0 saturated heterocycles. The minimum atomic E-state index is 0.284. The first-order valence-electron chi connectivity index (χ1n) is 5.79. The highest BCUT2D eigenvalue weighted by molar-refractivity contribution is 8.02. The minimum absolute atomic E-state index is 0.284. The average Bonchev–Trinajstić information content (AvgIpc) is 2.89. The minimum Gasteiger partial charge on any atom is -0.369 e. The van der Waals surface area contributed by atoms with Crippen LogP contribution >= 0.6 is 11.8 Å². The molecule has 0 bridgehead atoms. The van der Waals surface area contributed by atoms with Gasteiger partial charge in [0.25, 0.3) is 0 Å². The number of thioether (sulfide) groups is 1. The average molecular weight is 242 g/mol. The summed E-state index contributed by atoms with van der Waals surface area (Å²) in [6, 6.07) is 14.9. The highest BCUT2D eigenvalue weighted by Gasteiger charge is 2.09. The second-order valence-electron chi connectivity index (χ2n) is 4.19. The van der Waals surface area contributed by atoms with Crippen LogP contribution in [0.4, 0.5) is 0 Å². The van der Waals surface area contributed by atoms with Crippen LogP contribution in [0.25, 0.3) is 10.8 Å². The fourth-order valence-electron chi connectivity index (χ4n) is 1.98. The fourth-order valence-corrected chi connectivity index (χ4v) is 2.78. The van der Waals surface area contributed by atoms with E-state index in [0.29, 0.717) is 6.61 Å². The van der Waals surface area contributed by atoms with E-state index >= 15 is 0 Å². The molecule has 0 aliphatic carbocycles. The summed E-state index contributed by atoms with van der Waals surface area (Å²) in [4.78, 5) is 0. The summed E-state index contributed by atoms with van der Waals surface area (Å²) in [6.07, 6.45) is 2.41. The SMILES string of the molecule is C1=CC(OCc2ccc3ccccc3c2)CS1. The van der Waals surface area contributed by atoms with E-state index in [1.165, 1.54) is 16.3 Å². The van der Waals surface area contributed by atoms with Crippen molar-refractivity contribution in [3.8, 4) is 0 Å². The first-order chi connectivity index (χ1) is 8.42. The predicted molar refractivity (Wildman–Crippen MR) is 74.1 cm³/mol. The maximum atomic E-state index is 5.83. The summed E-state index contributed by atoms with van der Waals surface area (Å²) < 4.78 is 5.83. The van der Waals surface area contributed by atoms with E-state index in [9.17, 15) is 0 Å². The van der Waals surface area contributed by atoms with Gasteiger partial charge >= 0.3 is 0 Å². The van der Waals surface area contributed by atoms with Crippen molar-refractivity contribution in [2.24, 2.45) is 0 Å². The molecule has 0 aromatic heterocycles. The molecule has 86 valence electrons. The molecule has 0 fully saturated rings. The van der Waals surface area contributed by atoms with Crippen LogP contribution in [0.15, 0.2) is 53.9 Å². The summed E-state index contributed by atoms with van der Waals surface area (Å²) in [5, 5.41) is 4.68. The Labute approximate surface area is 105 Å². The van der Waals surface area contributed by atoms with Gasteiger partial charge in [0, 0.05) is 5.75 Å².